The van der Waals surface area contributed by atoms with Gasteiger partial charge in [-0.25, -0.2) is 31.1 Å². The molecule has 0 spiro atoms. The highest BCUT2D eigenvalue weighted by Gasteiger charge is 2.69. The van der Waals surface area contributed by atoms with Gasteiger partial charge >= 0.3 is 73.3 Å². The Hall–Kier alpha value is -3.11. The molecular formula is C17H10F18O6. The minimum absolute atomic E-state index is 2.00. The normalized spacial score (nSPS) is 18.3. The molecule has 0 aromatic heterocycles. The van der Waals surface area contributed by atoms with Crippen LogP contribution in [0.15, 0.2) is 12.2 Å². The number of esters is 3. The Kier molecular flexibility index (Phi) is 11.5. The molecule has 0 saturated heterocycles. The van der Waals surface area contributed by atoms with E-state index in [-0.39, 0.29) is 0 Å². The maximum atomic E-state index is 13.7. The molecule has 0 aliphatic carbocycles. The van der Waals surface area contributed by atoms with Crippen LogP contribution in [0.5, 0.6) is 0 Å². The molecule has 0 radical (unpaired) electrons. The third-order valence-electron chi connectivity index (χ3n) is 4.28. The quantitative estimate of drug-likeness (QED) is 0.111. The Morgan fingerprint density at radius 1 is 0.537 bits per heavy atom. The number of alkyl halides is 18. The van der Waals surface area contributed by atoms with Gasteiger partial charge in [-0.1, -0.05) is 6.58 Å². The van der Waals surface area contributed by atoms with Gasteiger partial charge in [0.1, 0.15) is 0 Å². The molecule has 0 fully saturated rings. The topological polar surface area (TPSA) is 78.9 Å². The van der Waals surface area contributed by atoms with Crippen LogP contribution in [0.2, 0.25) is 0 Å². The average molecular weight is 652 g/mol. The van der Waals surface area contributed by atoms with Crippen molar-refractivity contribution in [3.05, 3.63) is 12.2 Å². The highest BCUT2D eigenvalue weighted by Crippen LogP contribution is 2.43. The summed E-state index contributed by atoms with van der Waals surface area (Å²) in [6.07, 6.45) is -41.0. The van der Waals surface area contributed by atoms with E-state index in [9.17, 15) is 93.4 Å². The third kappa shape index (κ3) is 8.45. The summed E-state index contributed by atoms with van der Waals surface area (Å²) < 4.78 is 238. The molecule has 0 N–H and O–H groups in total. The summed E-state index contributed by atoms with van der Waals surface area (Å²) in [4.78, 5) is 35.1. The van der Waals surface area contributed by atoms with Crippen molar-refractivity contribution < 1.29 is 108 Å². The highest BCUT2D eigenvalue weighted by molar-refractivity contribution is 5.90. The monoisotopic (exact) mass is 652 g/mol. The number of rotatable bonds is 12. The number of hydrogen-bond acceptors (Lipinski definition) is 6. The molecule has 240 valence electrons. The van der Waals surface area contributed by atoms with Crippen molar-refractivity contribution >= 4 is 17.9 Å². The predicted molar refractivity (Wildman–Crippen MR) is 87.8 cm³/mol. The van der Waals surface area contributed by atoms with Gasteiger partial charge < -0.3 is 14.2 Å². The Morgan fingerprint density at radius 2 is 0.854 bits per heavy atom. The lowest BCUT2D eigenvalue weighted by Gasteiger charge is -2.30. The van der Waals surface area contributed by atoms with Gasteiger partial charge in [0.05, 0.1) is 12.3 Å². The van der Waals surface area contributed by atoms with Crippen LogP contribution in [0, 0.1) is 5.92 Å². The molecule has 6 nitrogen and oxygen atoms in total. The zero-order valence-corrected chi connectivity index (χ0v) is 18.7. The summed E-state index contributed by atoms with van der Waals surface area (Å²) >= 11 is 0. The molecule has 0 amide bonds. The fraction of sp³-hybridized carbons (Fsp3) is 0.706. The van der Waals surface area contributed by atoms with Crippen molar-refractivity contribution in [2.24, 2.45) is 5.92 Å². The maximum Gasteiger partial charge on any atom is 0.466 e. The lowest BCUT2D eigenvalue weighted by atomic mass is 9.96. The summed E-state index contributed by atoms with van der Waals surface area (Å²) in [5.41, 5.74) is -2.00. The van der Waals surface area contributed by atoms with Crippen molar-refractivity contribution in [1.82, 2.24) is 0 Å². The maximum absolute atomic E-state index is 13.7. The zero-order chi connectivity index (χ0) is 33.2. The molecule has 0 rings (SSSR count). The number of carbonyl (C=O) groups excluding carboxylic acids is 3. The van der Waals surface area contributed by atoms with E-state index < -0.39 is 97.6 Å². The minimum Gasteiger partial charge on any atom is -0.415 e. The molecule has 0 bridgehead atoms. The Balaban J connectivity index is 6.40. The SMILES string of the molecule is C=C(CC(CC(=O)OC(F)(C(F)F)C(F)(F)F)C(=O)OC(F)(C(F)F)C(F)(F)F)C(=O)OC(F)(C(F)F)C(F)(F)F. The van der Waals surface area contributed by atoms with E-state index in [4.69, 9.17) is 0 Å². The van der Waals surface area contributed by atoms with Crippen molar-refractivity contribution in [2.75, 3.05) is 0 Å². The first-order chi connectivity index (χ1) is 18.0. The van der Waals surface area contributed by atoms with E-state index in [1.54, 1.807) is 0 Å². The number of ether oxygens (including phenoxy) is 3. The van der Waals surface area contributed by atoms with Gasteiger partial charge in [-0.15, -0.1) is 0 Å². The first kappa shape index (κ1) is 37.9. The van der Waals surface area contributed by atoms with Gasteiger partial charge in [0.2, 0.25) is 0 Å². The lowest BCUT2D eigenvalue weighted by molar-refractivity contribution is -0.358. The van der Waals surface area contributed by atoms with Crippen LogP contribution in [-0.4, -0.2) is 73.3 Å². The van der Waals surface area contributed by atoms with Crippen molar-refractivity contribution in [3.8, 4) is 0 Å². The van der Waals surface area contributed by atoms with E-state index in [2.05, 4.69) is 20.8 Å². The molecule has 4 unspecified atom stereocenters. The van der Waals surface area contributed by atoms with Crippen LogP contribution in [-0.2, 0) is 28.6 Å². The summed E-state index contributed by atoms with van der Waals surface area (Å²) in [5, 5.41) is 0. The molecule has 24 heteroatoms. The van der Waals surface area contributed by atoms with Gasteiger partial charge in [-0.2, -0.15) is 52.7 Å². The first-order valence-corrected chi connectivity index (χ1v) is 9.45. The molecule has 0 aromatic carbocycles. The molecular weight excluding hydrogens is 642 g/mol. The summed E-state index contributed by atoms with van der Waals surface area (Å²) in [6, 6.07) is 0. The summed E-state index contributed by atoms with van der Waals surface area (Å²) in [5.74, 6) is -31.3. The third-order valence-corrected chi connectivity index (χ3v) is 4.28. The second-order valence-corrected chi connectivity index (χ2v) is 7.32. The number of carbonyl (C=O) groups is 3. The van der Waals surface area contributed by atoms with E-state index in [0.29, 0.717) is 0 Å². The largest absolute Gasteiger partial charge is 0.466 e. The van der Waals surface area contributed by atoms with Gasteiger partial charge in [0.15, 0.2) is 0 Å². The molecule has 41 heavy (non-hydrogen) atoms. The van der Waals surface area contributed by atoms with E-state index >= 15 is 0 Å². The van der Waals surface area contributed by atoms with E-state index in [0.717, 1.165) is 0 Å². The van der Waals surface area contributed by atoms with Crippen LogP contribution >= 0.6 is 0 Å². The van der Waals surface area contributed by atoms with Gasteiger partial charge in [-0.3, -0.25) is 9.59 Å². The molecule has 0 aliphatic rings. The Morgan fingerprint density at radius 3 is 1.17 bits per heavy atom. The van der Waals surface area contributed by atoms with Crippen molar-refractivity contribution in [3.63, 3.8) is 0 Å². The number of halogens is 18. The summed E-state index contributed by atoms with van der Waals surface area (Å²) in [7, 11) is 0. The fourth-order valence-corrected chi connectivity index (χ4v) is 2.14. The van der Waals surface area contributed by atoms with Crippen LogP contribution in [0.4, 0.5) is 79.0 Å². The van der Waals surface area contributed by atoms with Gasteiger partial charge in [0.25, 0.3) is 0 Å². The van der Waals surface area contributed by atoms with Crippen LogP contribution in [0.1, 0.15) is 12.8 Å². The van der Waals surface area contributed by atoms with Crippen molar-refractivity contribution in [2.45, 2.75) is 68.2 Å². The van der Waals surface area contributed by atoms with Gasteiger partial charge in [-0.05, 0) is 6.42 Å². The molecule has 4 atom stereocenters. The Bertz CT molecular complexity index is 974. The second-order valence-electron chi connectivity index (χ2n) is 7.32. The Labute approximate surface area is 213 Å². The van der Waals surface area contributed by atoms with E-state index in [1.807, 2.05) is 0 Å². The fourth-order valence-electron chi connectivity index (χ4n) is 2.14. The van der Waals surface area contributed by atoms with E-state index in [1.165, 1.54) is 0 Å². The number of hydrogen-bond donors (Lipinski definition) is 0. The van der Waals surface area contributed by atoms with Gasteiger partial charge in [0, 0.05) is 5.57 Å². The predicted octanol–water partition coefficient (Wildman–Crippen LogP) is 6.05. The molecule has 0 aliphatic heterocycles. The molecule has 0 saturated carbocycles. The summed E-state index contributed by atoms with van der Waals surface area (Å²) in [6.45, 7) is 2.38. The second kappa shape index (κ2) is 12.4. The lowest BCUT2D eigenvalue weighted by Crippen LogP contribution is -2.52. The van der Waals surface area contributed by atoms with Crippen LogP contribution in [0.25, 0.3) is 0 Å². The average Bonchev–Trinajstić information content (AvgIpc) is 2.75. The smallest absolute Gasteiger partial charge is 0.415 e. The van der Waals surface area contributed by atoms with Crippen LogP contribution < -0.4 is 0 Å². The standard InChI is InChI=1S/C17H10F18O6/c1-4(7(37)40-13(25,10(20)21)16(30,31)32)2-5(8(38)41-14(26,11(22)23)17(33,34)35)3-6(36)39-12(24,9(18)19)15(27,28)29/h5,9-11H,1-3H2. The minimum atomic E-state index is -6.85. The highest BCUT2D eigenvalue weighted by atomic mass is 19.4. The van der Waals surface area contributed by atoms with Crippen LogP contribution in [0.3, 0.4) is 0 Å². The van der Waals surface area contributed by atoms with Crippen molar-refractivity contribution in [1.29, 1.82) is 0 Å². The molecule has 0 aromatic rings. The first-order valence-electron chi connectivity index (χ1n) is 9.45. The molecule has 0 heterocycles. The zero-order valence-electron chi connectivity index (χ0n) is 18.7.